The van der Waals surface area contributed by atoms with Crippen molar-refractivity contribution in [2.24, 2.45) is 0 Å². The van der Waals surface area contributed by atoms with Crippen molar-refractivity contribution in [3.8, 4) is 24.7 Å². The van der Waals surface area contributed by atoms with Gasteiger partial charge >= 0.3 is 6.09 Å². The van der Waals surface area contributed by atoms with Gasteiger partial charge in [-0.15, -0.1) is 12.8 Å². The Morgan fingerprint density at radius 3 is 1.85 bits per heavy atom. The van der Waals surface area contributed by atoms with Gasteiger partial charge in [-0.1, -0.05) is 11.8 Å². The number of carbonyl (C=O) groups is 1. The Balaban J connectivity index is 4.27. The maximum Gasteiger partial charge on any atom is 0.410 e. The van der Waals surface area contributed by atoms with E-state index in [1.165, 1.54) is 4.90 Å². The first-order valence-corrected chi connectivity index (χ1v) is 6.41. The monoisotopic (exact) mass is 281 g/mol. The van der Waals surface area contributed by atoms with Crippen molar-refractivity contribution in [2.45, 2.75) is 26.4 Å². The van der Waals surface area contributed by atoms with Crippen LogP contribution in [0, 0.1) is 24.7 Å². The first-order valence-electron chi connectivity index (χ1n) is 6.41. The minimum absolute atomic E-state index is 0.218. The molecule has 0 aromatic rings. The molecule has 0 bridgehead atoms. The number of ether oxygens (including phenoxy) is 3. The molecule has 0 saturated carbocycles. The van der Waals surface area contributed by atoms with Gasteiger partial charge in [-0.25, -0.2) is 4.79 Å². The molecular weight excluding hydrogens is 258 g/mol. The fourth-order valence-corrected chi connectivity index (χ4v) is 1.23. The van der Waals surface area contributed by atoms with Gasteiger partial charge in [-0.05, 0) is 20.8 Å². The highest BCUT2D eigenvalue weighted by Crippen LogP contribution is 2.09. The van der Waals surface area contributed by atoms with E-state index in [4.69, 9.17) is 27.1 Å². The Morgan fingerprint density at radius 1 is 1.05 bits per heavy atom. The third kappa shape index (κ3) is 10.3. The molecule has 1 amide bonds. The summed E-state index contributed by atoms with van der Waals surface area (Å²) < 4.78 is 15.6. The highest BCUT2D eigenvalue weighted by molar-refractivity contribution is 5.68. The number of rotatable bonds is 8. The summed E-state index contributed by atoms with van der Waals surface area (Å²) in [5.74, 6) is 4.73. The molecule has 0 heterocycles. The molecule has 0 atom stereocenters. The molecule has 0 aromatic heterocycles. The molecule has 0 unspecified atom stereocenters. The summed E-state index contributed by atoms with van der Waals surface area (Å²) in [5, 5.41) is 0. The maximum absolute atomic E-state index is 12.0. The maximum atomic E-state index is 12.0. The summed E-state index contributed by atoms with van der Waals surface area (Å²) in [6, 6.07) is 0. The zero-order valence-corrected chi connectivity index (χ0v) is 12.5. The number of hydrogen-bond donors (Lipinski definition) is 0. The highest BCUT2D eigenvalue weighted by Gasteiger charge is 2.21. The van der Waals surface area contributed by atoms with Gasteiger partial charge < -0.3 is 19.1 Å². The van der Waals surface area contributed by atoms with Crippen molar-refractivity contribution in [1.29, 1.82) is 0 Å². The SMILES string of the molecule is C#CCOCCN(CCOCC#C)C(=O)OC(C)(C)C. The van der Waals surface area contributed by atoms with Crippen LogP contribution in [-0.2, 0) is 14.2 Å². The molecule has 0 aromatic carbocycles. The van der Waals surface area contributed by atoms with Gasteiger partial charge in [-0.3, -0.25) is 0 Å². The van der Waals surface area contributed by atoms with Crippen molar-refractivity contribution in [2.75, 3.05) is 39.5 Å². The fourth-order valence-electron chi connectivity index (χ4n) is 1.23. The summed E-state index contributed by atoms with van der Waals surface area (Å²) in [5.41, 5.74) is -0.547. The Bertz CT molecular complexity index is 338. The lowest BCUT2D eigenvalue weighted by Gasteiger charge is -2.27. The first kappa shape index (κ1) is 18.3. The van der Waals surface area contributed by atoms with Gasteiger partial charge in [0.05, 0.1) is 13.2 Å². The molecule has 0 N–H and O–H groups in total. The zero-order valence-electron chi connectivity index (χ0n) is 12.5. The molecule has 0 rings (SSSR count). The van der Waals surface area contributed by atoms with Crippen LogP contribution in [0.1, 0.15) is 20.8 Å². The van der Waals surface area contributed by atoms with Crippen LogP contribution >= 0.6 is 0 Å². The van der Waals surface area contributed by atoms with Crippen LogP contribution < -0.4 is 0 Å². The summed E-state index contributed by atoms with van der Waals surface area (Å²) in [7, 11) is 0. The molecule has 112 valence electrons. The fraction of sp³-hybridized carbons (Fsp3) is 0.667. The molecular formula is C15H23NO4. The Labute approximate surface area is 121 Å². The van der Waals surface area contributed by atoms with E-state index in [1.54, 1.807) is 0 Å². The minimum atomic E-state index is -0.547. The van der Waals surface area contributed by atoms with Crippen LogP contribution in [0.5, 0.6) is 0 Å². The zero-order chi connectivity index (χ0) is 15.4. The lowest BCUT2D eigenvalue weighted by Crippen LogP contribution is -2.40. The molecule has 0 radical (unpaired) electrons. The van der Waals surface area contributed by atoms with E-state index in [2.05, 4.69) is 11.8 Å². The van der Waals surface area contributed by atoms with E-state index in [-0.39, 0.29) is 13.2 Å². The third-order valence-electron chi connectivity index (χ3n) is 2.03. The molecule has 0 saturated heterocycles. The van der Waals surface area contributed by atoms with E-state index in [9.17, 15) is 4.79 Å². The largest absolute Gasteiger partial charge is 0.444 e. The molecule has 0 aliphatic rings. The van der Waals surface area contributed by atoms with Gasteiger partial charge in [0.2, 0.25) is 0 Å². The van der Waals surface area contributed by atoms with Gasteiger partial charge in [0.1, 0.15) is 18.8 Å². The molecule has 0 aliphatic carbocycles. The number of terminal acetylenes is 2. The number of carbonyl (C=O) groups excluding carboxylic acids is 1. The Morgan fingerprint density at radius 2 is 1.50 bits per heavy atom. The smallest absolute Gasteiger partial charge is 0.410 e. The van der Waals surface area contributed by atoms with Crippen LogP contribution in [-0.4, -0.2) is 56.1 Å². The molecule has 0 fully saturated rings. The van der Waals surface area contributed by atoms with E-state index < -0.39 is 11.7 Å². The number of amides is 1. The van der Waals surface area contributed by atoms with Crippen molar-refractivity contribution in [3.05, 3.63) is 0 Å². The molecule has 5 heteroatoms. The second-order valence-corrected chi connectivity index (χ2v) is 4.98. The third-order valence-corrected chi connectivity index (χ3v) is 2.03. The van der Waals surface area contributed by atoms with E-state index >= 15 is 0 Å². The quantitative estimate of drug-likeness (QED) is 0.500. The average molecular weight is 281 g/mol. The van der Waals surface area contributed by atoms with Crippen molar-refractivity contribution < 1.29 is 19.0 Å². The van der Waals surface area contributed by atoms with Crippen LogP contribution in [0.4, 0.5) is 4.79 Å². The van der Waals surface area contributed by atoms with E-state index in [1.807, 2.05) is 20.8 Å². The number of nitrogens with zero attached hydrogens (tertiary/aromatic N) is 1. The van der Waals surface area contributed by atoms with Gasteiger partial charge in [0.25, 0.3) is 0 Å². The average Bonchev–Trinajstić information content (AvgIpc) is 2.34. The predicted octanol–water partition coefficient (Wildman–Crippen LogP) is 1.52. The van der Waals surface area contributed by atoms with Crippen molar-refractivity contribution >= 4 is 6.09 Å². The van der Waals surface area contributed by atoms with Gasteiger partial charge in [-0.2, -0.15) is 0 Å². The molecule has 0 spiro atoms. The summed E-state index contributed by atoms with van der Waals surface area (Å²) in [6.45, 7) is 7.33. The lowest BCUT2D eigenvalue weighted by molar-refractivity contribution is 0.0128. The summed E-state index contributed by atoms with van der Waals surface area (Å²) in [6.07, 6.45) is 9.75. The van der Waals surface area contributed by atoms with E-state index in [0.717, 1.165) is 0 Å². The van der Waals surface area contributed by atoms with E-state index in [0.29, 0.717) is 26.3 Å². The highest BCUT2D eigenvalue weighted by atomic mass is 16.6. The predicted molar refractivity (Wildman–Crippen MR) is 77.1 cm³/mol. The van der Waals surface area contributed by atoms with Gasteiger partial charge in [0.15, 0.2) is 0 Å². The van der Waals surface area contributed by atoms with Crippen LogP contribution in [0.25, 0.3) is 0 Å². The second kappa shape index (κ2) is 10.1. The van der Waals surface area contributed by atoms with Crippen LogP contribution in [0.15, 0.2) is 0 Å². The molecule has 0 aliphatic heterocycles. The first-order chi connectivity index (χ1) is 9.40. The molecule has 5 nitrogen and oxygen atoms in total. The Kier molecular flexibility index (Phi) is 9.28. The second-order valence-electron chi connectivity index (χ2n) is 4.98. The van der Waals surface area contributed by atoms with Crippen LogP contribution in [0.2, 0.25) is 0 Å². The summed E-state index contributed by atoms with van der Waals surface area (Å²) in [4.78, 5) is 13.5. The Hall–Kier alpha value is -1.69. The topological polar surface area (TPSA) is 48.0 Å². The normalized spacial score (nSPS) is 10.4. The van der Waals surface area contributed by atoms with Gasteiger partial charge in [0, 0.05) is 13.1 Å². The lowest BCUT2D eigenvalue weighted by atomic mass is 10.2. The minimum Gasteiger partial charge on any atom is -0.444 e. The number of hydrogen-bond acceptors (Lipinski definition) is 4. The standard InChI is InChI=1S/C15H23NO4/c1-6-10-18-12-8-16(9-13-19-11-7-2)14(17)20-15(3,4)5/h1-2H,8-13H2,3-5H3. The van der Waals surface area contributed by atoms with Crippen molar-refractivity contribution in [1.82, 2.24) is 4.90 Å². The van der Waals surface area contributed by atoms with Crippen molar-refractivity contribution in [3.63, 3.8) is 0 Å². The van der Waals surface area contributed by atoms with Crippen LogP contribution in [0.3, 0.4) is 0 Å². The summed E-state index contributed by atoms with van der Waals surface area (Å²) >= 11 is 0. The molecule has 20 heavy (non-hydrogen) atoms.